The first-order valence-corrected chi connectivity index (χ1v) is 5.88. The van der Waals surface area contributed by atoms with Gasteiger partial charge in [0.2, 0.25) is 11.1 Å². The molecule has 0 saturated heterocycles. The smallest absolute Gasteiger partial charge is 0.360 e. The normalized spacial score (nSPS) is 10.5. The average molecular weight is 279 g/mol. The molecule has 0 aliphatic rings. The van der Waals surface area contributed by atoms with Crippen LogP contribution in [0.1, 0.15) is 21.6 Å². The number of benzene rings is 1. The Morgan fingerprint density at radius 1 is 1.32 bits per heavy atom. The van der Waals surface area contributed by atoms with Crippen LogP contribution in [0.4, 0.5) is 0 Å². The number of aryl methyl sites for hydroxylation is 2. The lowest BCUT2D eigenvalue weighted by atomic mass is 10.2. The molecule has 2 rings (SSSR count). The second kappa shape index (κ2) is 4.85. The van der Waals surface area contributed by atoms with Crippen LogP contribution < -0.4 is 5.43 Å². The van der Waals surface area contributed by atoms with Crippen LogP contribution in [0.5, 0.6) is 0 Å². The van der Waals surface area contributed by atoms with Gasteiger partial charge in [-0.2, -0.15) is 5.10 Å². The summed E-state index contributed by atoms with van der Waals surface area (Å²) in [6.45, 7) is 3.38. The monoisotopic (exact) mass is 278 g/mol. The molecule has 0 aliphatic carbocycles. The number of halogens is 1. The highest BCUT2D eigenvalue weighted by molar-refractivity contribution is 6.30. The lowest BCUT2D eigenvalue weighted by molar-refractivity contribution is 0.0686. The first-order valence-electron chi connectivity index (χ1n) is 5.50. The van der Waals surface area contributed by atoms with E-state index in [1.807, 2.05) is 6.92 Å². The molecule has 1 heterocycles. The predicted molar refractivity (Wildman–Crippen MR) is 71.3 cm³/mol. The summed E-state index contributed by atoms with van der Waals surface area (Å²) in [5, 5.41) is 13.4. The lowest BCUT2D eigenvalue weighted by Gasteiger charge is -2.10. The minimum atomic E-state index is -1.34. The molecule has 19 heavy (non-hydrogen) atoms. The Kier molecular flexibility index (Phi) is 3.40. The second-order valence-electron chi connectivity index (χ2n) is 4.17. The van der Waals surface area contributed by atoms with Crippen LogP contribution in [0.15, 0.2) is 29.2 Å². The maximum Gasteiger partial charge on any atom is 0.360 e. The molecule has 0 amide bonds. The maximum atomic E-state index is 11.7. The molecule has 98 valence electrons. The number of aromatic nitrogens is 2. The highest BCUT2D eigenvalue weighted by Gasteiger charge is 2.15. The Hall–Kier alpha value is -2.14. The number of aromatic carboxylic acids is 1. The quantitative estimate of drug-likeness (QED) is 0.914. The Morgan fingerprint density at radius 2 is 2.00 bits per heavy atom. The Balaban J connectivity index is 2.70. The molecule has 1 aromatic heterocycles. The topological polar surface area (TPSA) is 72.2 Å². The molecule has 0 atom stereocenters. The van der Waals surface area contributed by atoms with E-state index in [9.17, 15) is 9.59 Å². The third kappa shape index (κ3) is 2.51. The summed E-state index contributed by atoms with van der Waals surface area (Å²) in [7, 11) is 0. The molecule has 6 heteroatoms. The van der Waals surface area contributed by atoms with Gasteiger partial charge in [0.1, 0.15) is 0 Å². The summed E-state index contributed by atoms with van der Waals surface area (Å²) in [6.07, 6.45) is 1.50. The van der Waals surface area contributed by atoms with Crippen molar-refractivity contribution in [2.75, 3.05) is 0 Å². The fourth-order valence-corrected chi connectivity index (χ4v) is 1.98. The number of carboxylic acid groups (broad SMARTS) is 1. The highest BCUT2D eigenvalue weighted by atomic mass is 35.5. The van der Waals surface area contributed by atoms with Crippen LogP contribution in [-0.4, -0.2) is 20.9 Å². The molecule has 0 unspecified atom stereocenters. The Morgan fingerprint density at radius 3 is 2.58 bits per heavy atom. The molecular weight excluding hydrogens is 268 g/mol. The number of nitrogens with zero attached hydrogens (tertiary/aromatic N) is 2. The molecule has 5 nitrogen and oxygen atoms in total. The van der Waals surface area contributed by atoms with Gasteiger partial charge in [-0.15, -0.1) is 0 Å². The minimum Gasteiger partial charge on any atom is -0.476 e. The zero-order valence-corrected chi connectivity index (χ0v) is 11.1. The standard InChI is InChI=1S/C13H11ClN2O3/c1-7-5-9(14)3-4-10(7)16-6-8(2)12(17)11(15-16)13(18)19/h3-6H,1-2H3,(H,18,19). The van der Waals surface area contributed by atoms with Gasteiger partial charge < -0.3 is 5.11 Å². The van der Waals surface area contributed by atoms with Gasteiger partial charge in [0, 0.05) is 16.8 Å². The van der Waals surface area contributed by atoms with E-state index in [0.29, 0.717) is 16.3 Å². The number of rotatable bonds is 2. The molecule has 0 radical (unpaired) electrons. The van der Waals surface area contributed by atoms with Crippen molar-refractivity contribution < 1.29 is 9.90 Å². The number of hydrogen-bond donors (Lipinski definition) is 1. The van der Waals surface area contributed by atoms with Gasteiger partial charge in [-0.05, 0) is 37.6 Å². The van der Waals surface area contributed by atoms with E-state index < -0.39 is 17.1 Å². The van der Waals surface area contributed by atoms with Crippen LogP contribution in [0.25, 0.3) is 5.69 Å². The zero-order valence-electron chi connectivity index (χ0n) is 10.3. The van der Waals surface area contributed by atoms with E-state index in [1.165, 1.54) is 10.9 Å². The van der Waals surface area contributed by atoms with Crippen LogP contribution in [0, 0.1) is 13.8 Å². The van der Waals surface area contributed by atoms with Crippen molar-refractivity contribution in [3.63, 3.8) is 0 Å². The van der Waals surface area contributed by atoms with E-state index in [1.54, 1.807) is 25.1 Å². The number of carboxylic acids is 1. The van der Waals surface area contributed by atoms with Crippen LogP contribution in [0.3, 0.4) is 0 Å². The van der Waals surface area contributed by atoms with Gasteiger partial charge in [0.25, 0.3) is 0 Å². The van der Waals surface area contributed by atoms with Gasteiger partial charge in [-0.25, -0.2) is 9.48 Å². The van der Waals surface area contributed by atoms with E-state index in [2.05, 4.69) is 5.10 Å². The van der Waals surface area contributed by atoms with E-state index >= 15 is 0 Å². The number of carbonyl (C=O) groups is 1. The summed E-state index contributed by atoms with van der Waals surface area (Å²) >= 11 is 5.87. The third-order valence-electron chi connectivity index (χ3n) is 2.71. The summed E-state index contributed by atoms with van der Waals surface area (Å²) < 4.78 is 1.38. The van der Waals surface area contributed by atoms with Gasteiger partial charge in [0.05, 0.1) is 5.69 Å². The summed E-state index contributed by atoms with van der Waals surface area (Å²) in [6, 6.07) is 5.14. The summed E-state index contributed by atoms with van der Waals surface area (Å²) in [5.74, 6) is -1.34. The van der Waals surface area contributed by atoms with Crippen molar-refractivity contribution in [1.29, 1.82) is 0 Å². The third-order valence-corrected chi connectivity index (χ3v) is 2.94. The molecule has 1 N–H and O–H groups in total. The van der Waals surface area contributed by atoms with Gasteiger partial charge in [-0.1, -0.05) is 11.6 Å². The predicted octanol–water partition coefficient (Wildman–Crippen LogP) is 2.20. The van der Waals surface area contributed by atoms with Gasteiger partial charge in [0.15, 0.2) is 0 Å². The van der Waals surface area contributed by atoms with E-state index in [4.69, 9.17) is 16.7 Å². The van der Waals surface area contributed by atoms with Crippen LogP contribution >= 0.6 is 11.6 Å². The minimum absolute atomic E-state index is 0.321. The average Bonchev–Trinajstić information content (AvgIpc) is 2.32. The van der Waals surface area contributed by atoms with Crippen molar-refractivity contribution in [2.45, 2.75) is 13.8 Å². The number of hydrogen-bond acceptors (Lipinski definition) is 3. The molecule has 0 aliphatic heterocycles. The Bertz CT molecular complexity index is 722. The summed E-state index contributed by atoms with van der Waals surface area (Å²) in [4.78, 5) is 22.7. The van der Waals surface area contributed by atoms with Crippen molar-refractivity contribution in [1.82, 2.24) is 9.78 Å². The maximum absolute atomic E-state index is 11.7. The van der Waals surface area contributed by atoms with E-state index in [0.717, 1.165) is 5.56 Å². The fraction of sp³-hybridized carbons (Fsp3) is 0.154. The molecule has 0 fully saturated rings. The van der Waals surface area contributed by atoms with Crippen LogP contribution in [0.2, 0.25) is 5.02 Å². The molecule has 2 aromatic rings. The molecular formula is C13H11ClN2O3. The van der Waals surface area contributed by atoms with E-state index in [-0.39, 0.29) is 0 Å². The van der Waals surface area contributed by atoms with Crippen molar-refractivity contribution >= 4 is 17.6 Å². The molecule has 1 aromatic carbocycles. The Labute approximate surface area is 114 Å². The largest absolute Gasteiger partial charge is 0.476 e. The molecule has 0 spiro atoms. The first kappa shape index (κ1) is 13.3. The highest BCUT2D eigenvalue weighted by Crippen LogP contribution is 2.18. The van der Waals surface area contributed by atoms with Gasteiger partial charge >= 0.3 is 5.97 Å². The summed E-state index contributed by atoms with van der Waals surface area (Å²) in [5.41, 5.74) is 0.765. The van der Waals surface area contributed by atoms with Crippen molar-refractivity contribution in [3.8, 4) is 5.69 Å². The van der Waals surface area contributed by atoms with Crippen molar-refractivity contribution in [2.24, 2.45) is 0 Å². The van der Waals surface area contributed by atoms with Crippen LogP contribution in [-0.2, 0) is 0 Å². The first-order chi connectivity index (χ1) is 8.90. The van der Waals surface area contributed by atoms with Crippen molar-refractivity contribution in [3.05, 3.63) is 56.5 Å². The fourth-order valence-electron chi connectivity index (χ4n) is 1.75. The lowest BCUT2D eigenvalue weighted by Crippen LogP contribution is -2.23. The molecule has 0 bridgehead atoms. The van der Waals surface area contributed by atoms with Gasteiger partial charge in [-0.3, -0.25) is 4.79 Å². The molecule has 0 saturated carbocycles. The second-order valence-corrected chi connectivity index (χ2v) is 4.61. The zero-order chi connectivity index (χ0) is 14.2. The SMILES string of the molecule is Cc1cc(Cl)ccc1-n1cc(C)c(=O)c(C(=O)O)n1.